The highest BCUT2D eigenvalue weighted by Gasteiger charge is 2.43. The van der Waals surface area contributed by atoms with Crippen molar-refractivity contribution in [1.29, 1.82) is 0 Å². The highest BCUT2D eigenvalue weighted by Crippen LogP contribution is 2.44. The molecule has 238 valence electrons. The van der Waals surface area contributed by atoms with Crippen molar-refractivity contribution in [1.82, 2.24) is 10.3 Å². The Hall–Kier alpha value is -4.87. The number of carbonyl (C=O) groups excluding carboxylic acids is 3. The number of ether oxygens (including phenoxy) is 4. The molecule has 1 aliphatic rings. The van der Waals surface area contributed by atoms with Crippen molar-refractivity contribution in [2.24, 2.45) is 5.92 Å². The number of hydrogen-bond donors (Lipinski definition) is 1. The highest BCUT2D eigenvalue weighted by molar-refractivity contribution is 6.00. The normalized spacial score (nSPS) is 15.2. The van der Waals surface area contributed by atoms with Crippen LogP contribution in [0, 0.1) is 5.92 Å². The second kappa shape index (κ2) is 13.8. The van der Waals surface area contributed by atoms with Gasteiger partial charge in [-0.1, -0.05) is 32.0 Å². The van der Waals surface area contributed by atoms with E-state index in [-0.39, 0.29) is 52.8 Å². The molecule has 1 N–H and O–H groups in total. The zero-order valence-corrected chi connectivity index (χ0v) is 25.4. The molecular formula is C33H33F3N2O7. The lowest BCUT2D eigenvalue weighted by atomic mass is 9.78. The van der Waals surface area contributed by atoms with Gasteiger partial charge in [0.2, 0.25) is 0 Å². The SMILES string of the molecule is COc1ccc2ncc(C(=O)OCCOC(=O)C3=C(C)NC(C)=C(C(=O)OCC(C)C)C3c3ccccc3C(F)(F)F)cc2c1. The fraction of sp³-hybridized carbons (Fsp3) is 0.333. The number of benzene rings is 2. The molecule has 0 fully saturated rings. The van der Waals surface area contributed by atoms with Gasteiger partial charge in [0, 0.05) is 23.0 Å². The van der Waals surface area contributed by atoms with Crippen molar-refractivity contribution in [2.45, 2.75) is 39.8 Å². The van der Waals surface area contributed by atoms with Crippen molar-refractivity contribution in [3.05, 3.63) is 94.0 Å². The van der Waals surface area contributed by atoms with Crippen molar-refractivity contribution in [3.8, 4) is 5.75 Å². The van der Waals surface area contributed by atoms with Crippen LogP contribution in [0.3, 0.4) is 0 Å². The van der Waals surface area contributed by atoms with E-state index in [9.17, 15) is 27.6 Å². The third kappa shape index (κ3) is 7.62. The highest BCUT2D eigenvalue weighted by atomic mass is 19.4. The molecule has 45 heavy (non-hydrogen) atoms. The summed E-state index contributed by atoms with van der Waals surface area (Å²) in [4.78, 5) is 43.6. The number of aromatic nitrogens is 1. The van der Waals surface area contributed by atoms with Crippen molar-refractivity contribution in [3.63, 3.8) is 0 Å². The van der Waals surface area contributed by atoms with Gasteiger partial charge in [-0.2, -0.15) is 13.2 Å². The Kier molecular flexibility index (Phi) is 10.2. The molecule has 9 nitrogen and oxygen atoms in total. The molecule has 0 bridgehead atoms. The number of nitrogens with one attached hydrogen (secondary N) is 1. The van der Waals surface area contributed by atoms with E-state index < -0.39 is 42.2 Å². The topological polar surface area (TPSA) is 113 Å². The fourth-order valence-electron chi connectivity index (χ4n) is 4.95. The largest absolute Gasteiger partial charge is 0.497 e. The van der Waals surface area contributed by atoms with Crippen LogP contribution in [0.2, 0.25) is 0 Å². The molecule has 2 heterocycles. The molecule has 0 radical (unpaired) electrons. The number of dihydropyridines is 1. The van der Waals surface area contributed by atoms with Crippen LogP contribution in [-0.4, -0.2) is 49.8 Å². The van der Waals surface area contributed by atoms with Crippen LogP contribution in [0.25, 0.3) is 10.9 Å². The van der Waals surface area contributed by atoms with E-state index in [1.807, 2.05) is 13.8 Å². The summed E-state index contributed by atoms with van der Waals surface area (Å²) < 4.78 is 63.7. The molecule has 0 amide bonds. The van der Waals surface area contributed by atoms with Gasteiger partial charge in [-0.15, -0.1) is 0 Å². The average molecular weight is 627 g/mol. The van der Waals surface area contributed by atoms with E-state index in [1.54, 1.807) is 24.3 Å². The molecule has 0 aliphatic carbocycles. The van der Waals surface area contributed by atoms with E-state index >= 15 is 0 Å². The first-order valence-electron chi connectivity index (χ1n) is 14.1. The zero-order chi connectivity index (χ0) is 32.9. The average Bonchev–Trinajstić information content (AvgIpc) is 3.00. The molecule has 0 saturated heterocycles. The van der Waals surface area contributed by atoms with Crippen LogP contribution < -0.4 is 10.1 Å². The number of halogens is 3. The van der Waals surface area contributed by atoms with Crippen LogP contribution in [0.15, 0.2) is 77.3 Å². The van der Waals surface area contributed by atoms with Crippen LogP contribution in [0.1, 0.15) is 55.1 Å². The number of pyridine rings is 1. The Morgan fingerprint density at radius 1 is 0.889 bits per heavy atom. The van der Waals surface area contributed by atoms with E-state index in [0.717, 1.165) is 6.07 Å². The lowest BCUT2D eigenvalue weighted by molar-refractivity contribution is -0.143. The number of rotatable bonds is 10. The second-order valence-corrected chi connectivity index (χ2v) is 10.8. The summed E-state index contributed by atoms with van der Waals surface area (Å²) in [6, 6.07) is 11.5. The van der Waals surface area contributed by atoms with Gasteiger partial charge in [-0.05, 0) is 55.7 Å². The molecule has 4 rings (SSSR count). The molecule has 1 atom stereocenters. The first kappa shape index (κ1) is 33.0. The number of nitrogens with zero attached hydrogens (tertiary/aromatic N) is 1. The van der Waals surface area contributed by atoms with Gasteiger partial charge in [0.15, 0.2) is 0 Å². The summed E-state index contributed by atoms with van der Waals surface area (Å²) in [6.45, 7) is 5.94. The third-order valence-electron chi connectivity index (χ3n) is 7.00. The van der Waals surface area contributed by atoms with Gasteiger partial charge >= 0.3 is 24.1 Å². The summed E-state index contributed by atoms with van der Waals surface area (Å²) in [5, 5.41) is 3.57. The molecule has 1 aromatic heterocycles. The molecule has 1 unspecified atom stereocenters. The number of allylic oxidation sites excluding steroid dienone is 2. The standard InChI is InChI=1S/C33H33F3N2O7/c1-18(2)17-45-32(41)28-20(4)38-19(3)27(29(28)24-8-6-7-9-25(24)33(34,35)36)31(40)44-13-12-43-30(39)22-14-21-15-23(42-5)10-11-26(21)37-16-22/h6-11,14-16,18,29,38H,12-13,17H2,1-5H3. The van der Waals surface area contributed by atoms with Gasteiger partial charge in [0.1, 0.15) is 19.0 Å². The molecule has 12 heteroatoms. The van der Waals surface area contributed by atoms with Crippen LogP contribution in [0.4, 0.5) is 13.2 Å². The Labute approximate surface area is 258 Å². The Morgan fingerprint density at radius 3 is 2.13 bits per heavy atom. The maximum absolute atomic E-state index is 14.2. The number of methoxy groups -OCH3 is 1. The minimum Gasteiger partial charge on any atom is -0.497 e. The van der Waals surface area contributed by atoms with E-state index in [4.69, 9.17) is 18.9 Å². The maximum Gasteiger partial charge on any atom is 0.416 e. The summed E-state index contributed by atoms with van der Waals surface area (Å²) in [7, 11) is 1.52. The van der Waals surface area contributed by atoms with E-state index in [0.29, 0.717) is 16.7 Å². The summed E-state index contributed by atoms with van der Waals surface area (Å²) in [5.74, 6) is -3.46. The zero-order valence-electron chi connectivity index (χ0n) is 25.4. The molecule has 3 aromatic rings. The number of hydrogen-bond acceptors (Lipinski definition) is 9. The molecule has 0 saturated carbocycles. The van der Waals surface area contributed by atoms with Gasteiger partial charge < -0.3 is 24.3 Å². The minimum absolute atomic E-state index is 0.0252. The maximum atomic E-state index is 14.2. The van der Waals surface area contributed by atoms with Gasteiger partial charge in [-0.3, -0.25) is 4.98 Å². The molecule has 2 aromatic carbocycles. The lowest BCUT2D eigenvalue weighted by Gasteiger charge is -2.32. The monoisotopic (exact) mass is 626 g/mol. The number of alkyl halides is 3. The van der Waals surface area contributed by atoms with Crippen LogP contribution >= 0.6 is 0 Å². The summed E-state index contributed by atoms with van der Waals surface area (Å²) in [5.41, 5.74) is -0.405. The Bertz CT molecular complexity index is 1680. The predicted molar refractivity (Wildman–Crippen MR) is 158 cm³/mol. The quantitative estimate of drug-likeness (QED) is 0.162. The van der Waals surface area contributed by atoms with Crippen LogP contribution in [0.5, 0.6) is 5.75 Å². The molecule has 1 aliphatic heterocycles. The third-order valence-corrected chi connectivity index (χ3v) is 7.00. The minimum atomic E-state index is -4.78. The molecular weight excluding hydrogens is 593 g/mol. The van der Waals surface area contributed by atoms with E-state index in [1.165, 1.54) is 45.4 Å². The lowest BCUT2D eigenvalue weighted by Crippen LogP contribution is -2.34. The fourth-order valence-corrected chi connectivity index (χ4v) is 4.95. The number of fused-ring (bicyclic) bond motifs is 1. The molecule has 0 spiro atoms. The van der Waals surface area contributed by atoms with Gasteiger partial charge in [-0.25, -0.2) is 14.4 Å². The second-order valence-electron chi connectivity index (χ2n) is 10.8. The van der Waals surface area contributed by atoms with Crippen molar-refractivity contribution >= 4 is 28.8 Å². The van der Waals surface area contributed by atoms with Crippen LogP contribution in [-0.2, 0) is 30.0 Å². The first-order valence-corrected chi connectivity index (χ1v) is 14.1. The van der Waals surface area contributed by atoms with Gasteiger partial charge in [0.25, 0.3) is 0 Å². The predicted octanol–water partition coefficient (Wildman–Crippen LogP) is 6.10. The smallest absolute Gasteiger partial charge is 0.416 e. The summed E-state index contributed by atoms with van der Waals surface area (Å²) in [6.07, 6.45) is -3.43. The van der Waals surface area contributed by atoms with E-state index in [2.05, 4.69) is 10.3 Å². The number of esters is 3. The number of carbonyl (C=O) groups is 3. The first-order chi connectivity index (χ1) is 21.3. The Morgan fingerprint density at radius 2 is 1.51 bits per heavy atom. The Balaban J connectivity index is 1.55. The van der Waals surface area contributed by atoms with Crippen molar-refractivity contribution in [2.75, 3.05) is 26.9 Å². The van der Waals surface area contributed by atoms with Crippen molar-refractivity contribution < 1.29 is 46.5 Å². The summed E-state index contributed by atoms with van der Waals surface area (Å²) >= 11 is 0. The van der Waals surface area contributed by atoms with Gasteiger partial charge in [0.05, 0.1) is 47.4 Å².